The molecule has 0 saturated heterocycles. The monoisotopic (exact) mass is 1730 g/mol. The third-order valence-electron chi connectivity index (χ3n) is 7.86. The molecule has 2 radical (unpaired) electrons. The minimum atomic E-state index is -0.826. The van der Waals surface area contributed by atoms with Crippen LogP contribution in [0.1, 0.15) is 51.5 Å². The van der Waals surface area contributed by atoms with Gasteiger partial charge in [-0.2, -0.15) is 0 Å². The van der Waals surface area contributed by atoms with Gasteiger partial charge < -0.3 is 29.9 Å². The summed E-state index contributed by atoms with van der Waals surface area (Å²) < 4.78 is 21.1. The fraction of sp³-hybridized carbons (Fsp3) is 0.256. The number of hydrogen-bond acceptors (Lipinski definition) is 12. The Labute approximate surface area is 502 Å². The van der Waals surface area contributed by atoms with Gasteiger partial charge in [-0.05, 0) is 121 Å². The summed E-state index contributed by atoms with van der Waals surface area (Å²) in [5, 5.41) is 47.7. The van der Waals surface area contributed by atoms with Gasteiger partial charge >= 0.3 is 59.6 Å². The predicted molar refractivity (Wildman–Crippen MR) is 330 cm³/mol. The SMILES string of the molecule is BrBr.C.C.C.CI.Cc1cc(O)c(N)cc1Br.Cc1cc(O)c([N+](=O)[O-])cc1Br.Cc1cc2oc(=O)[nH]c2cc1Br.Cc1cc2oc(=O)n(C)c2cc1Br.Cc1ccc([N+](=O)[O-])c(O)c1.[2H]CI.[Cl][Sn][Cl]. The number of phenols is 3. The molecule has 2 aromatic heterocycles. The normalized spacial score (nSPS) is 9.19. The van der Waals surface area contributed by atoms with Crippen molar-refractivity contribution < 1.29 is 35.4 Å². The molecule has 0 fully saturated rings. The van der Waals surface area contributed by atoms with Crippen molar-refractivity contribution in [3.8, 4) is 17.2 Å². The van der Waals surface area contributed by atoms with Crippen molar-refractivity contribution >= 4 is 213 Å². The Bertz CT molecular complexity index is 2750. The first-order valence-electron chi connectivity index (χ1n) is 18.2. The van der Waals surface area contributed by atoms with Gasteiger partial charge in [0.05, 0.1) is 26.6 Å². The van der Waals surface area contributed by atoms with Crippen molar-refractivity contribution in [3.63, 3.8) is 0 Å². The second-order valence-electron chi connectivity index (χ2n) is 12.4. The van der Waals surface area contributed by atoms with Crippen molar-refractivity contribution in [2.45, 2.75) is 56.9 Å². The van der Waals surface area contributed by atoms with Gasteiger partial charge in [-0.25, -0.2) is 9.59 Å². The van der Waals surface area contributed by atoms with Crippen LogP contribution in [0.2, 0.25) is 0 Å². The number of oxazole rings is 2. The third-order valence-corrected chi connectivity index (χ3v) is 11.3. The number of fused-ring (bicyclic) bond motifs is 2. The fourth-order valence-corrected chi connectivity index (χ4v) is 5.96. The Hall–Kier alpha value is -1.64. The first-order valence-corrected chi connectivity index (χ1v) is 35.3. The second kappa shape index (κ2) is 40.7. The van der Waals surface area contributed by atoms with E-state index in [1.165, 1.54) is 28.8 Å². The molecule has 7 rings (SSSR count). The molecule has 2 heterocycles. The number of rotatable bonds is 2. The van der Waals surface area contributed by atoms with Crippen molar-refractivity contribution in [3.05, 3.63) is 154 Å². The molecular weight excluding hydrogens is 1690 g/mol. The van der Waals surface area contributed by atoms with E-state index in [4.69, 9.17) is 49.1 Å². The zero-order valence-corrected chi connectivity index (χ0v) is 54.1. The molecule has 5 aromatic carbocycles. The summed E-state index contributed by atoms with van der Waals surface area (Å²) in [6.45, 7) is 9.28. The number of halogens is 10. The quantitative estimate of drug-likeness (QED) is 0.0206. The molecule has 7 aromatic rings. The Morgan fingerprint density at radius 1 is 0.700 bits per heavy atom. The van der Waals surface area contributed by atoms with Crippen LogP contribution in [0.5, 0.6) is 17.2 Å². The van der Waals surface area contributed by atoms with E-state index < -0.39 is 34.5 Å². The van der Waals surface area contributed by atoms with Crippen LogP contribution in [0.4, 0.5) is 17.1 Å². The van der Waals surface area contributed by atoms with Crippen LogP contribution in [0.3, 0.4) is 0 Å². The molecule has 0 saturated carbocycles. The number of anilines is 1. The van der Waals surface area contributed by atoms with Crippen LogP contribution in [-0.4, -0.2) is 63.4 Å². The average Bonchev–Trinajstić information content (AvgIpc) is 3.76. The first kappa shape index (κ1) is 74.9. The number of aromatic amines is 1. The van der Waals surface area contributed by atoms with E-state index in [1.54, 1.807) is 39.1 Å². The topological polar surface area (TPSA) is 254 Å². The summed E-state index contributed by atoms with van der Waals surface area (Å²) in [5.41, 5.74) is 12.7. The number of nitrogen functional groups attached to an aromatic ring is 1. The molecule has 27 heteroatoms. The van der Waals surface area contributed by atoms with E-state index in [2.05, 4.69) is 120 Å². The van der Waals surface area contributed by atoms with E-state index in [9.17, 15) is 29.8 Å². The molecule has 0 aliphatic heterocycles. The number of alkyl halides is 2. The maximum atomic E-state index is 11.1. The van der Waals surface area contributed by atoms with E-state index in [1.807, 2.05) is 72.6 Å². The van der Waals surface area contributed by atoms with Gasteiger partial charge in [-0.3, -0.25) is 29.8 Å². The van der Waals surface area contributed by atoms with Gasteiger partial charge in [0.15, 0.2) is 22.7 Å². The van der Waals surface area contributed by atoms with Crippen LogP contribution in [0.15, 0.2) is 103 Å². The van der Waals surface area contributed by atoms with Crippen molar-refractivity contribution in [2.75, 3.05) is 15.6 Å². The summed E-state index contributed by atoms with van der Waals surface area (Å²) in [6, 6.07) is 17.5. The van der Waals surface area contributed by atoms with E-state index in [0.717, 1.165) is 52.3 Å². The Morgan fingerprint density at radius 3 is 1.56 bits per heavy atom. The van der Waals surface area contributed by atoms with Crippen molar-refractivity contribution in [2.24, 2.45) is 7.05 Å². The zero-order chi connectivity index (χ0) is 53.2. The number of nitrogens with zero attached hydrogens (tertiary/aromatic N) is 3. The number of aromatic nitrogens is 2. The molecule has 70 heavy (non-hydrogen) atoms. The standard InChI is InChI=1S/C9H8BrNO2.C8H6BrNO2.C7H6BrNO3.C7H8BrNO.C7H7NO3.2CH3I.3CH4.Br2.2ClH.Sn/c1-5-3-8-7(4-6(5)10)11(2)9(12)13-8;1-4-2-7-6(3-5(4)9)10-8(11)12-7;1-4-2-7(10)6(9(11)12)3-5(4)8;1-4-2-7(10)6(9)3-5(4)8;1-5-2-3-6(8(10)11)7(9)4-5;2*1-2;;;;1-2;;;/h3-4H,1-2H3;2-3H,1H3,(H,10,11);2-3,10H,1H3;2-3,10H,9H2,1H3;2-4,9H,1H3;2*1H3;3*1H4;;2*1H;/q;;;;;;;;;;;;;+2/p-2/i;;;;;1D;;;;;;;;. The number of nitrogens with two attached hydrogens (primary N) is 1. The van der Waals surface area contributed by atoms with Gasteiger partial charge in [0.2, 0.25) is 0 Å². The Balaban J connectivity index is -0.000000242. The fourth-order valence-electron chi connectivity index (χ4n) is 4.59. The summed E-state index contributed by atoms with van der Waals surface area (Å²) >= 11 is 22.0. The van der Waals surface area contributed by atoms with Crippen LogP contribution < -0.4 is 17.2 Å². The molecule has 6 N–H and O–H groups in total. The molecule has 390 valence electrons. The zero-order valence-electron chi connectivity index (χ0n) is 36.9. The first-order chi connectivity index (χ1) is 31.8. The number of hydrogen-bond donors (Lipinski definition) is 5. The van der Waals surface area contributed by atoms with Crippen LogP contribution in [0, 0.1) is 54.8 Å². The maximum absolute atomic E-state index is 11.1. The van der Waals surface area contributed by atoms with Gasteiger partial charge in [-0.1, -0.05) is 137 Å². The molecule has 16 nitrogen and oxygen atoms in total. The summed E-state index contributed by atoms with van der Waals surface area (Å²) in [7, 11) is 11.6. The molecular formula is C43H53Br6Cl2I2N5O11Sn. The number of nitro groups is 2. The number of benzene rings is 5. The van der Waals surface area contributed by atoms with Crippen LogP contribution >= 0.6 is 155 Å². The summed E-state index contributed by atoms with van der Waals surface area (Å²) in [4.78, 5) is 46.2. The van der Waals surface area contributed by atoms with E-state index in [0.29, 0.717) is 26.2 Å². The summed E-state index contributed by atoms with van der Waals surface area (Å²) in [5.74, 6) is -1.19. The number of nitrogens with one attached hydrogen (secondary N) is 1. The molecule has 0 bridgehead atoms. The second-order valence-corrected chi connectivity index (χ2v) is 20.1. The van der Waals surface area contributed by atoms with Gasteiger partial charge in [0.25, 0.3) is 0 Å². The molecule has 0 atom stereocenters. The van der Waals surface area contributed by atoms with Gasteiger partial charge in [0.1, 0.15) is 5.75 Å². The van der Waals surface area contributed by atoms with E-state index in [-0.39, 0.29) is 56.7 Å². The number of nitro benzene ring substituents is 2. The number of H-pyrrole nitrogens is 1. The molecule has 0 aliphatic carbocycles. The van der Waals surface area contributed by atoms with E-state index >= 15 is 0 Å². The molecule has 0 amide bonds. The molecule has 0 spiro atoms. The summed E-state index contributed by atoms with van der Waals surface area (Å²) in [6.07, 6.45) is 0. The van der Waals surface area contributed by atoms with Crippen LogP contribution in [0.25, 0.3) is 22.2 Å². The van der Waals surface area contributed by atoms with Gasteiger partial charge in [0, 0.05) is 66.7 Å². The Morgan fingerprint density at radius 2 is 1.10 bits per heavy atom. The number of aromatic hydroxyl groups is 3. The average molecular weight is 1740 g/mol. The predicted octanol–water partition coefficient (Wildman–Crippen LogP) is 17.1. The Kier molecular flexibility index (Phi) is 43.5. The minimum absolute atomic E-state index is 0. The molecule has 0 aliphatic rings. The van der Waals surface area contributed by atoms with Gasteiger partial charge in [-0.15, -0.1) is 0 Å². The van der Waals surface area contributed by atoms with Crippen molar-refractivity contribution in [1.82, 2.24) is 9.55 Å². The number of aryl methyl sites for hydroxylation is 6. The van der Waals surface area contributed by atoms with Crippen molar-refractivity contribution in [1.29, 1.82) is 0 Å². The molecule has 0 unspecified atom stereocenters. The third kappa shape index (κ3) is 26.5. The number of phenolic OH excluding ortho intramolecular Hbond substituents is 3. The van der Waals surface area contributed by atoms with Crippen LogP contribution in [-0.2, 0) is 7.05 Å².